The first kappa shape index (κ1) is 10.4. The minimum absolute atomic E-state index is 0.0330. The van der Waals surface area contributed by atoms with E-state index in [9.17, 15) is 4.79 Å². The molecule has 0 aromatic heterocycles. The molecule has 0 spiro atoms. The van der Waals surface area contributed by atoms with E-state index < -0.39 is 0 Å². The molecule has 0 saturated heterocycles. The summed E-state index contributed by atoms with van der Waals surface area (Å²) >= 11 is 0. The number of rotatable bonds is 3. The standard InChI is InChI=1S/C10H20N2O/c1-7(2)11-10(13)12-8(3)9-5-4-6-9/h7-9H,4-6H2,1-3H3,(H2,11,12,13). The zero-order chi connectivity index (χ0) is 9.84. The fourth-order valence-electron chi connectivity index (χ4n) is 1.57. The lowest BCUT2D eigenvalue weighted by molar-refractivity contribution is 0.211. The molecule has 2 amide bonds. The van der Waals surface area contributed by atoms with Crippen LogP contribution in [-0.4, -0.2) is 18.1 Å². The van der Waals surface area contributed by atoms with Crippen molar-refractivity contribution >= 4 is 6.03 Å². The molecule has 0 heterocycles. The Balaban J connectivity index is 2.18. The van der Waals surface area contributed by atoms with Gasteiger partial charge in [0.25, 0.3) is 0 Å². The Bertz CT molecular complexity index is 176. The van der Waals surface area contributed by atoms with Crippen LogP contribution in [0.4, 0.5) is 4.79 Å². The molecule has 0 aliphatic heterocycles. The van der Waals surface area contributed by atoms with Crippen molar-refractivity contribution in [2.75, 3.05) is 0 Å². The number of hydrogen-bond acceptors (Lipinski definition) is 1. The summed E-state index contributed by atoms with van der Waals surface area (Å²) in [5, 5.41) is 5.79. The van der Waals surface area contributed by atoms with Gasteiger partial charge in [-0.25, -0.2) is 4.79 Å². The minimum atomic E-state index is -0.0330. The second-order valence-electron chi connectivity index (χ2n) is 4.25. The van der Waals surface area contributed by atoms with Crippen LogP contribution in [0.1, 0.15) is 40.0 Å². The SMILES string of the molecule is CC(C)NC(=O)NC(C)C1CCC1. The van der Waals surface area contributed by atoms with Crippen LogP contribution in [-0.2, 0) is 0 Å². The molecule has 1 unspecified atom stereocenters. The Labute approximate surface area is 80.3 Å². The number of carbonyl (C=O) groups is 1. The number of amides is 2. The number of urea groups is 1. The van der Waals surface area contributed by atoms with Crippen molar-refractivity contribution in [1.82, 2.24) is 10.6 Å². The maximum absolute atomic E-state index is 11.3. The van der Waals surface area contributed by atoms with Gasteiger partial charge >= 0.3 is 6.03 Å². The van der Waals surface area contributed by atoms with Crippen molar-refractivity contribution in [2.45, 2.75) is 52.1 Å². The van der Waals surface area contributed by atoms with E-state index in [0.29, 0.717) is 12.0 Å². The van der Waals surface area contributed by atoms with Gasteiger partial charge in [-0.15, -0.1) is 0 Å². The molecule has 2 N–H and O–H groups in total. The van der Waals surface area contributed by atoms with Gasteiger partial charge in [0.1, 0.15) is 0 Å². The Hall–Kier alpha value is -0.730. The summed E-state index contributed by atoms with van der Waals surface area (Å²) in [7, 11) is 0. The summed E-state index contributed by atoms with van der Waals surface area (Å²) < 4.78 is 0. The number of carbonyl (C=O) groups excluding carboxylic acids is 1. The second-order valence-corrected chi connectivity index (χ2v) is 4.25. The van der Waals surface area contributed by atoms with E-state index in [4.69, 9.17) is 0 Å². The van der Waals surface area contributed by atoms with Crippen molar-refractivity contribution in [3.05, 3.63) is 0 Å². The maximum atomic E-state index is 11.3. The van der Waals surface area contributed by atoms with Crippen LogP contribution in [0.5, 0.6) is 0 Å². The van der Waals surface area contributed by atoms with Crippen LogP contribution < -0.4 is 10.6 Å². The predicted molar refractivity (Wildman–Crippen MR) is 53.6 cm³/mol. The molecule has 1 rings (SSSR count). The van der Waals surface area contributed by atoms with Gasteiger partial charge in [0.15, 0.2) is 0 Å². The third-order valence-electron chi connectivity index (χ3n) is 2.64. The van der Waals surface area contributed by atoms with E-state index >= 15 is 0 Å². The average Bonchev–Trinajstić information content (AvgIpc) is 1.78. The molecular weight excluding hydrogens is 164 g/mol. The summed E-state index contributed by atoms with van der Waals surface area (Å²) in [6, 6.07) is 0.510. The second kappa shape index (κ2) is 4.49. The van der Waals surface area contributed by atoms with Crippen LogP contribution in [0.25, 0.3) is 0 Å². The molecule has 3 nitrogen and oxygen atoms in total. The van der Waals surface area contributed by atoms with E-state index in [-0.39, 0.29) is 12.1 Å². The van der Waals surface area contributed by atoms with Gasteiger partial charge in [0, 0.05) is 12.1 Å². The minimum Gasteiger partial charge on any atom is -0.336 e. The van der Waals surface area contributed by atoms with E-state index in [2.05, 4.69) is 17.6 Å². The van der Waals surface area contributed by atoms with Gasteiger partial charge < -0.3 is 10.6 Å². The highest BCUT2D eigenvalue weighted by atomic mass is 16.2. The summed E-state index contributed by atoms with van der Waals surface area (Å²) in [6.07, 6.45) is 3.86. The Morgan fingerprint density at radius 1 is 1.23 bits per heavy atom. The molecule has 0 bridgehead atoms. The summed E-state index contributed by atoms with van der Waals surface area (Å²) in [6.45, 7) is 6.02. The highest BCUT2D eigenvalue weighted by Crippen LogP contribution is 2.29. The monoisotopic (exact) mass is 184 g/mol. The van der Waals surface area contributed by atoms with E-state index in [0.717, 1.165) is 0 Å². The van der Waals surface area contributed by atoms with Crippen molar-refractivity contribution in [2.24, 2.45) is 5.92 Å². The van der Waals surface area contributed by atoms with Crippen LogP contribution >= 0.6 is 0 Å². The van der Waals surface area contributed by atoms with Crippen molar-refractivity contribution < 1.29 is 4.79 Å². The Morgan fingerprint density at radius 3 is 2.23 bits per heavy atom. The summed E-state index contributed by atoms with van der Waals surface area (Å²) in [5.74, 6) is 0.706. The zero-order valence-electron chi connectivity index (χ0n) is 8.76. The molecular formula is C10H20N2O. The van der Waals surface area contributed by atoms with Crippen molar-refractivity contribution in [3.8, 4) is 0 Å². The predicted octanol–water partition coefficient (Wildman–Crippen LogP) is 1.88. The molecule has 1 saturated carbocycles. The van der Waals surface area contributed by atoms with Crippen LogP contribution in [0, 0.1) is 5.92 Å². The Morgan fingerprint density at radius 2 is 1.85 bits per heavy atom. The number of nitrogens with one attached hydrogen (secondary N) is 2. The molecule has 76 valence electrons. The highest BCUT2D eigenvalue weighted by molar-refractivity contribution is 5.74. The van der Waals surface area contributed by atoms with Crippen LogP contribution in [0.15, 0.2) is 0 Å². The smallest absolute Gasteiger partial charge is 0.315 e. The van der Waals surface area contributed by atoms with Gasteiger partial charge in [-0.3, -0.25) is 0 Å². The normalized spacial score (nSPS) is 19.4. The molecule has 1 fully saturated rings. The van der Waals surface area contributed by atoms with Crippen molar-refractivity contribution in [1.29, 1.82) is 0 Å². The fourth-order valence-corrected chi connectivity index (χ4v) is 1.57. The molecule has 13 heavy (non-hydrogen) atoms. The first-order valence-electron chi connectivity index (χ1n) is 5.16. The summed E-state index contributed by atoms with van der Waals surface area (Å²) in [5.41, 5.74) is 0. The molecule has 3 heteroatoms. The van der Waals surface area contributed by atoms with Crippen LogP contribution in [0.3, 0.4) is 0 Å². The van der Waals surface area contributed by atoms with E-state index in [1.54, 1.807) is 0 Å². The molecule has 0 aromatic rings. The molecule has 0 radical (unpaired) electrons. The highest BCUT2D eigenvalue weighted by Gasteiger charge is 2.24. The molecule has 0 aromatic carbocycles. The third kappa shape index (κ3) is 3.25. The fraction of sp³-hybridized carbons (Fsp3) is 0.900. The topological polar surface area (TPSA) is 41.1 Å². The van der Waals surface area contributed by atoms with Gasteiger partial charge in [-0.2, -0.15) is 0 Å². The van der Waals surface area contributed by atoms with Gasteiger partial charge in [0.05, 0.1) is 0 Å². The number of hydrogen-bond donors (Lipinski definition) is 2. The lowest BCUT2D eigenvalue weighted by Crippen LogP contribution is -2.47. The molecule has 1 aliphatic carbocycles. The molecule has 1 atom stereocenters. The zero-order valence-corrected chi connectivity index (χ0v) is 8.76. The van der Waals surface area contributed by atoms with Gasteiger partial charge in [0.2, 0.25) is 0 Å². The van der Waals surface area contributed by atoms with E-state index in [1.807, 2.05) is 13.8 Å². The first-order valence-corrected chi connectivity index (χ1v) is 5.16. The Kier molecular flexibility index (Phi) is 3.58. The van der Waals surface area contributed by atoms with Crippen LogP contribution in [0.2, 0.25) is 0 Å². The van der Waals surface area contributed by atoms with Crippen molar-refractivity contribution in [3.63, 3.8) is 0 Å². The maximum Gasteiger partial charge on any atom is 0.315 e. The average molecular weight is 184 g/mol. The lowest BCUT2D eigenvalue weighted by Gasteiger charge is -2.32. The largest absolute Gasteiger partial charge is 0.336 e. The first-order chi connectivity index (χ1) is 6.09. The van der Waals surface area contributed by atoms with Gasteiger partial charge in [-0.05, 0) is 39.5 Å². The molecule has 1 aliphatic rings. The summed E-state index contributed by atoms with van der Waals surface area (Å²) in [4.78, 5) is 11.3. The van der Waals surface area contributed by atoms with E-state index in [1.165, 1.54) is 19.3 Å². The quantitative estimate of drug-likeness (QED) is 0.691. The van der Waals surface area contributed by atoms with Gasteiger partial charge in [-0.1, -0.05) is 6.42 Å². The lowest BCUT2D eigenvalue weighted by atomic mass is 9.80. The third-order valence-corrected chi connectivity index (χ3v) is 2.64.